The molecule has 21 heavy (non-hydrogen) atoms. The summed E-state index contributed by atoms with van der Waals surface area (Å²) >= 11 is 0. The van der Waals surface area contributed by atoms with E-state index in [-0.39, 0.29) is 23.0 Å². The Morgan fingerprint density at radius 1 is 1.38 bits per heavy atom. The highest BCUT2D eigenvalue weighted by atomic mass is 16.5. The number of hydrogen-bond acceptors (Lipinski definition) is 5. The van der Waals surface area contributed by atoms with Gasteiger partial charge in [0.15, 0.2) is 5.78 Å². The van der Waals surface area contributed by atoms with Crippen LogP contribution in [0.4, 0.5) is 0 Å². The summed E-state index contributed by atoms with van der Waals surface area (Å²) in [6.07, 6.45) is 7.21. The Balaban J connectivity index is 4.84. The second kappa shape index (κ2) is 10.7. The molecule has 0 amide bonds. The molecule has 0 radical (unpaired) electrons. The minimum atomic E-state index is -0.192. The predicted molar refractivity (Wildman–Crippen MR) is 82.5 cm³/mol. The van der Waals surface area contributed by atoms with Gasteiger partial charge in [-0.05, 0) is 26.0 Å². The highest BCUT2D eigenvalue weighted by Gasteiger charge is 2.13. The third-order valence-electron chi connectivity index (χ3n) is 2.85. The number of aliphatic hydroxyl groups excluding tert-OH is 1. The van der Waals surface area contributed by atoms with Crippen molar-refractivity contribution in [1.29, 1.82) is 0 Å². The van der Waals surface area contributed by atoms with Gasteiger partial charge < -0.3 is 15.2 Å². The van der Waals surface area contributed by atoms with E-state index in [4.69, 9.17) is 4.74 Å². The van der Waals surface area contributed by atoms with E-state index in [2.05, 4.69) is 5.32 Å². The van der Waals surface area contributed by atoms with Crippen LogP contribution in [0.3, 0.4) is 0 Å². The third kappa shape index (κ3) is 7.97. The van der Waals surface area contributed by atoms with Crippen LogP contribution in [0.5, 0.6) is 0 Å². The van der Waals surface area contributed by atoms with Crippen LogP contribution in [0, 0.1) is 5.92 Å². The minimum Gasteiger partial charge on any atom is -0.507 e. The van der Waals surface area contributed by atoms with E-state index in [1.807, 2.05) is 19.3 Å². The SMILES string of the molecule is CN/C=C/CCC/C(=C/C(O)=C(\C)C(=O)C(C)C)OC=O. The van der Waals surface area contributed by atoms with Crippen molar-refractivity contribution in [2.24, 2.45) is 5.92 Å². The number of unbranched alkanes of at least 4 members (excludes halogenated alkanes) is 1. The first-order valence-electron chi connectivity index (χ1n) is 7.01. The summed E-state index contributed by atoms with van der Waals surface area (Å²) < 4.78 is 4.84. The average molecular weight is 295 g/mol. The van der Waals surface area contributed by atoms with Crippen molar-refractivity contribution in [1.82, 2.24) is 5.32 Å². The maximum atomic E-state index is 11.8. The molecule has 0 saturated heterocycles. The van der Waals surface area contributed by atoms with Crippen LogP contribution in [0.25, 0.3) is 0 Å². The van der Waals surface area contributed by atoms with Crippen molar-refractivity contribution in [3.8, 4) is 0 Å². The van der Waals surface area contributed by atoms with E-state index in [0.717, 1.165) is 12.8 Å². The van der Waals surface area contributed by atoms with Gasteiger partial charge in [0.2, 0.25) is 0 Å². The maximum absolute atomic E-state index is 11.8. The first-order valence-corrected chi connectivity index (χ1v) is 7.01. The summed E-state index contributed by atoms with van der Waals surface area (Å²) in [5.74, 6) is -0.138. The predicted octanol–water partition coefficient (Wildman–Crippen LogP) is 3.00. The van der Waals surface area contributed by atoms with Gasteiger partial charge in [0, 0.05) is 31.0 Å². The molecule has 0 heterocycles. The smallest absolute Gasteiger partial charge is 0.298 e. The molecular formula is C16H25NO4. The van der Waals surface area contributed by atoms with Crippen molar-refractivity contribution < 1.29 is 19.4 Å². The van der Waals surface area contributed by atoms with Crippen molar-refractivity contribution in [2.75, 3.05) is 7.05 Å². The minimum absolute atomic E-state index is 0.133. The maximum Gasteiger partial charge on any atom is 0.298 e. The number of ether oxygens (including phenoxy) is 1. The molecule has 0 aromatic heterocycles. The normalized spacial score (nSPS) is 13.3. The lowest BCUT2D eigenvalue weighted by Gasteiger charge is -2.07. The number of aliphatic hydroxyl groups is 1. The van der Waals surface area contributed by atoms with Gasteiger partial charge >= 0.3 is 0 Å². The summed E-state index contributed by atoms with van der Waals surface area (Å²) in [6, 6.07) is 0. The fourth-order valence-electron chi connectivity index (χ4n) is 1.64. The highest BCUT2D eigenvalue weighted by molar-refractivity contribution is 5.96. The van der Waals surface area contributed by atoms with Crippen LogP contribution < -0.4 is 5.32 Å². The number of allylic oxidation sites excluding steroid dienone is 4. The largest absolute Gasteiger partial charge is 0.507 e. The van der Waals surface area contributed by atoms with Crippen molar-refractivity contribution in [3.63, 3.8) is 0 Å². The number of rotatable bonds is 10. The standard InChI is InChI=1S/C16H25NO4/c1-12(2)16(20)13(3)15(19)10-14(21-11-18)8-6-5-7-9-17-4/h7,9-12,17,19H,5-6,8H2,1-4H3/b9-7+,14-10-,15-13-. The summed E-state index contributed by atoms with van der Waals surface area (Å²) in [7, 11) is 1.81. The number of carbonyl (C=O) groups is 2. The Morgan fingerprint density at radius 2 is 2.05 bits per heavy atom. The molecule has 0 aliphatic rings. The Labute approximate surface area is 126 Å². The molecule has 0 bridgehead atoms. The van der Waals surface area contributed by atoms with Gasteiger partial charge in [-0.1, -0.05) is 19.9 Å². The lowest BCUT2D eigenvalue weighted by Crippen LogP contribution is -2.10. The van der Waals surface area contributed by atoms with E-state index < -0.39 is 0 Å². The number of hydrogen-bond donors (Lipinski definition) is 2. The van der Waals surface area contributed by atoms with Crippen molar-refractivity contribution in [3.05, 3.63) is 35.4 Å². The second-order valence-corrected chi connectivity index (χ2v) is 4.94. The summed E-state index contributed by atoms with van der Waals surface area (Å²) in [5.41, 5.74) is 0.270. The van der Waals surface area contributed by atoms with Crippen LogP contribution in [-0.2, 0) is 14.3 Å². The van der Waals surface area contributed by atoms with E-state index in [1.54, 1.807) is 20.8 Å². The Kier molecular flexibility index (Phi) is 9.67. The van der Waals surface area contributed by atoms with Crippen LogP contribution in [-0.4, -0.2) is 24.4 Å². The average Bonchev–Trinajstić information content (AvgIpc) is 2.45. The lowest BCUT2D eigenvalue weighted by atomic mass is 10.0. The van der Waals surface area contributed by atoms with Crippen molar-refractivity contribution in [2.45, 2.75) is 40.0 Å². The van der Waals surface area contributed by atoms with Gasteiger partial charge in [-0.25, -0.2) is 0 Å². The number of Topliss-reactive ketones (excluding diaryl/α,β-unsaturated/α-hetero) is 1. The molecule has 0 aromatic carbocycles. The van der Waals surface area contributed by atoms with Crippen LogP contribution in [0.15, 0.2) is 35.4 Å². The summed E-state index contributed by atoms with van der Waals surface area (Å²) in [4.78, 5) is 22.3. The molecule has 5 nitrogen and oxygen atoms in total. The van der Waals surface area contributed by atoms with E-state index >= 15 is 0 Å². The van der Waals surface area contributed by atoms with Crippen LogP contribution in [0.2, 0.25) is 0 Å². The van der Waals surface area contributed by atoms with Gasteiger partial charge in [-0.3, -0.25) is 9.59 Å². The molecule has 0 saturated carbocycles. The zero-order valence-electron chi connectivity index (χ0n) is 13.2. The third-order valence-corrected chi connectivity index (χ3v) is 2.85. The van der Waals surface area contributed by atoms with E-state index in [0.29, 0.717) is 18.7 Å². The topological polar surface area (TPSA) is 75.6 Å². The Morgan fingerprint density at radius 3 is 2.57 bits per heavy atom. The molecule has 0 atom stereocenters. The number of carbonyl (C=O) groups excluding carboxylic acids is 2. The fourth-order valence-corrected chi connectivity index (χ4v) is 1.64. The van der Waals surface area contributed by atoms with Gasteiger partial charge in [-0.2, -0.15) is 0 Å². The molecule has 0 aliphatic heterocycles. The quantitative estimate of drug-likeness (QED) is 0.213. The molecule has 0 fully saturated rings. The monoisotopic (exact) mass is 295 g/mol. The number of ketones is 1. The molecule has 0 spiro atoms. The lowest BCUT2D eigenvalue weighted by molar-refractivity contribution is -0.125. The summed E-state index contributed by atoms with van der Waals surface area (Å²) in [5, 5.41) is 12.8. The van der Waals surface area contributed by atoms with Crippen molar-refractivity contribution >= 4 is 12.3 Å². The van der Waals surface area contributed by atoms with E-state index in [1.165, 1.54) is 6.08 Å². The highest BCUT2D eigenvalue weighted by Crippen LogP contribution is 2.15. The number of nitrogens with one attached hydrogen (secondary N) is 1. The Hall–Kier alpha value is -2.04. The van der Waals surface area contributed by atoms with E-state index in [9.17, 15) is 14.7 Å². The van der Waals surface area contributed by atoms with Gasteiger partial charge in [0.1, 0.15) is 11.5 Å². The summed E-state index contributed by atoms with van der Waals surface area (Å²) in [6.45, 7) is 5.41. The first-order chi connectivity index (χ1) is 9.93. The Bertz CT molecular complexity index is 434. The molecule has 118 valence electrons. The molecule has 2 N–H and O–H groups in total. The first kappa shape index (κ1) is 19.0. The van der Waals surface area contributed by atoms with Crippen LogP contribution in [0.1, 0.15) is 40.0 Å². The zero-order chi connectivity index (χ0) is 16.3. The zero-order valence-corrected chi connectivity index (χ0v) is 13.2. The fraction of sp³-hybridized carbons (Fsp3) is 0.500. The van der Waals surface area contributed by atoms with Gasteiger partial charge in [0.05, 0.1) is 0 Å². The molecule has 0 unspecified atom stereocenters. The van der Waals surface area contributed by atoms with Crippen LogP contribution >= 0.6 is 0 Å². The molecule has 0 rings (SSSR count). The van der Waals surface area contributed by atoms with Gasteiger partial charge in [-0.15, -0.1) is 0 Å². The molecule has 0 aliphatic carbocycles. The molecule has 0 aromatic rings. The second-order valence-electron chi connectivity index (χ2n) is 4.94. The molecule has 5 heteroatoms. The molecular weight excluding hydrogens is 270 g/mol. The van der Waals surface area contributed by atoms with Gasteiger partial charge in [0.25, 0.3) is 6.47 Å².